The summed E-state index contributed by atoms with van der Waals surface area (Å²) in [6, 6.07) is 7.79. The Hall–Kier alpha value is -1.82. The summed E-state index contributed by atoms with van der Waals surface area (Å²) in [5.41, 5.74) is 0.940. The minimum Gasteiger partial charge on any atom is -0.494 e. The van der Waals surface area contributed by atoms with Crippen LogP contribution in [0.5, 0.6) is 5.75 Å². The third kappa shape index (κ3) is 3.84. The van der Waals surface area contributed by atoms with Crippen LogP contribution in [0.3, 0.4) is 0 Å². The summed E-state index contributed by atoms with van der Waals surface area (Å²) in [6.45, 7) is 2.82. The molecule has 0 bridgehead atoms. The van der Waals surface area contributed by atoms with Gasteiger partial charge in [-0.15, -0.1) is 0 Å². The fourth-order valence-electron chi connectivity index (χ4n) is 1.57. The lowest BCUT2D eigenvalue weighted by molar-refractivity contribution is 0.317. The van der Waals surface area contributed by atoms with Gasteiger partial charge in [0.1, 0.15) is 11.6 Å². The van der Waals surface area contributed by atoms with Crippen LogP contribution in [0.15, 0.2) is 34.9 Å². The van der Waals surface area contributed by atoms with E-state index < -0.39 is 0 Å². The maximum atomic E-state index is 5.55. The number of hydrogen-bond donors (Lipinski definition) is 2. The average molecular weight is 337 g/mol. The van der Waals surface area contributed by atoms with Gasteiger partial charge >= 0.3 is 0 Å². The van der Waals surface area contributed by atoms with Gasteiger partial charge in [-0.1, -0.05) is 6.92 Å². The monoisotopic (exact) mass is 336 g/mol. The molecule has 0 radical (unpaired) electrons. The van der Waals surface area contributed by atoms with Gasteiger partial charge in [-0.2, -0.15) is 4.98 Å². The van der Waals surface area contributed by atoms with Crippen LogP contribution < -0.4 is 15.4 Å². The van der Waals surface area contributed by atoms with E-state index in [2.05, 4.69) is 43.5 Å². The number of anilines is 3. The maximum absolute atomic E-state index is 5.55. The van der Waals surface area contributed by atoms with E-state index in [4.69, 9.17) is 4.74 Å². The van der Waals surface area contributed by atoms with Gasteiger partial charge in [-0.05, 0) is 46.6 Å². The molecular weight excluding hydrogens is 320 g/mol. The van der Waals surface area contributed by atoms with E-state index in [1.165, 1.54) is 0 Å². The molecule has 1 aromatic heterocycles. The van der Waals surface area contributed by atoms with Crippen molar-refractivity contribution in [2.45, 2.75) is 13.3 Å². The maximum Gasteiger partial charge on any atom is 0.224 e. The third-order valence-corrected chi connectivity index (χ3v) is 3.14. The predicted molar refractivity (Wildman–Crippen MR) is 84.8 cm³/mol. The van der Waals surface area contributed by atoms with Gasteiger partial charge in [0.05, 0.1) is 11.1 Å². The van der Waals surface area contributed by atoms with Crippen molar-refractivity contribution < 1.29 is 4.74 Å². The summed E-state index contributed by atoms with van der Waals surface area (Å²) < 4.78 is 6.36. The van der Waals surface area contributed by atoms with E-state index in [-0.39, 0.29) is 0 Å². The highest BCUT2D eigenvalue weighted by molar-refractivity contribution is 9.10. The van der Waals surface area contributed by atoms with Crippen LogP contribution in [-0.2, 0) is 0 Å². The molecule has 0 aliphatic heterocycles. The number of ether oxygens (including phenoxy) is 1. The first kappa shape index (κ1) is 14.6. The molecule has 0 fully saturated rings. The molecule has 0 spiro atoms. The van der Waals surface area contributed by atoms with E-state index in [0.29, 0.717) is 11.8 Å². The third-order valence-electron chi connectivity index (χ3n) is 2.56. The van der Waals surface area contributed by atoms with Crippen LogP contribution in [0, 0.1) is 0 Å². The minimum absolute atomic E-state index is 0.568. The molecule has 0 unspecified atom stereocenters. The lowest BCUT2D eigenvalue weighted by Crippen LogP contribution is -2.01. The summed E-state index contributed by atoms with van der Waals surface area (Å²) in [4.78, 5) is 8.46. The Kier molecular flexibility index (Phi) is 5.17. The molecule has 20 heavy (non-hydrogen) atoms. The van der Waals surface area contributed by atoms with Gasteiger partial charge in [-0.3, -0.25) is 0 Å². The Morgan fingerprint density at radius 3 is 2.65 bits per heavy atom. The van der Waals surface area contributed by atoms with E-state index in [1.54, 1.807) is 13.2 Å². The van der Waals surface area contributed by atoms with Crippen molar-refractivity contribution in [2.24, 2.45) is 0 Å². The molecule has 0 saturated heterocycles. The lowest BCUT2D eigenvalue weighted by Gasteiger charge is -2.10. The first-order valence-corrected chi connectivity index (χ1v) is 7.22. The number of hydrogen-bond acceptors (Lipinski definition) is 5. The van der Waals surface area contributed by atoms with Crippen LogP contribution in [0.4, 0.5) is 17.5 Å². The normalized spacial score (nSPS) is 10.2. The van der Waals surface area contributed by atoms with Crippen molar-refractivity contribution in [3.05, 3.63) is 34.9 Å². The Morgan fingerprint density at radius 2 is 2.00 bits per heavy atom. The molecular formula is C14H17BrN4O. The summed E-state index contributed by atoms with van der Waals surface area (Å²) in [5.74, 6) is 2.15. The molecule has 0 atom stereocenters. The van der Waals surface area contributed by atoms with Gasteiger partial charge in [0, 0.05) is 18.9 Å². The highest BCUT2D eigenvalue weighted by Gasteiger charge is 2.05. The zero-order chi connectivity index (χ0) is 14.4. The van der Waals surface area contributed by atoms with Crippen molar-refractivity contribution in [3.8, 4) is 5.75 Å². The van der Waals surface area contributed by atoms with Crippen LogP contribution in [0.25, 0.3) is 0 Å². The van der Waals surface area contributed by atoms with E-state index in [9.17, 15) is 0 Å². The van der Waals surface area contributed by atoms with Gasteiger partial charge in [0.2, 0.25) is 5.95 Å². The van der Waals surface area contributed by atoms with E-state index in [0.717, 1.165) is 28.9 Å². The van der Waals surface area contributed by atoms with Crippen molar-refractivity contribution in [1.29, 1.82) is 0 Å². The molecule has 1 heterocycles. The van der Waals surface area contributed by atoms with E-state index >= 15 is 0 Å². The summed E-state index contributed by atoms with van der Waals surface area (Å²) in [7, 11) is 1.78. The molecule has 0 aliphatic rings. The molecule has 2 aromatic rings. The first-order valence-electron chi connectivity index (χ1n) is 6.43. The van der Waals surface area contributed by atoms with E-state index in [1.807, 2.05) is 24.3 Å². The Balaban J connectivity index is 2.09. The van der Waals surface area contributed by atoms with Crippen molar-refractivity contribution in [1.82, 2.24) is 9.97 Å². The largest absolute Gasteiger partial charge is 0.494 e. The molecule has 0 saturated carbocycles. The van der Waals surface area contributed by atoms with Gasteiger partial charge in [0.15, 0.2) is 0 Å². The molecule has 6 heteroatoms. The fourth-order valence-corrected chi connectivity index (χ4v) is 1.86. The topological polar surface area (TPSA) is 59.1 Å². The van der Waals surface area contributed by atoms with Gasteiger partial charge < -0.3 is 15.4 Å². The zero-order valence-corrected chi connectivity index (χ0v) is 13.1. The molecule has 0 aliphatic carbocycles. The fraction of sp³-hybridized carbons (Fsp3) is 0.286. The second kappa shape index (κ2) is 7.09. The summed E-state index contributed by atoms with van der Waals surface area (Å²) >= 11 is 3.43. The van der Waals surface area contributed by atoms with Crippen LogP contribution >= 0.6 is 15.9 Å². The molecule has 1 aromatic carbocycles. The average Bonchev–Trinajstić information content (AvgIpc) is 2.49. The second-order valence-corrected chi connectivity index (χ2v) is 4.99. The number of halogens is 1. The minimum atomic E-state index is 0.568. The lowest BCUT2D eigenvalue weighted by atomic mass is 10.3. The second-order valence-electron chi connectivity index (χ2n) is 4.14. The van der Waals surface area contributed by atoms with Crippen LogP contribution in [0.1, 0.15) is 13.3 Å². The van der Waals surface area contributed by atoms with Crippen LogP contribution in [0.2, 0.25) is 0 Å². The molecule has 2 rings (SSSR count). The summed E-state index contributed by atoms with van der Waals surface area (Å²) in [6.07, 6.45) is 2.71. The number of aromatic nitrogens is 2. The Morgan fingerprint density at radius 1 is 1.25 bits per heavy atom. The Bertz CT molecular complexity index is 560. The molecule has 0 amide bonds. The Labute approximate surface area is 126 Å². The highest BCUT2D eigenvalue weighted by atomic mass is 79.9. The number of benzene rings is 1. The molecule has 2 N–H and O–H groups in total. The van der Waals surface area contributed by atoms with Crippen molar-refractivity contribution >= 4 is 33.4 Å². The number of nitrogens with one attached hydrogen (secondary N) is 2. The number of nitrogens with zero attached hydrogens (tertiary/aromatic N) is 2. The molecule has 106 valence electrons. The molecule has 5 nitrogen and oxygen atoms in total. The highest BCUT2D eigenvalue weighted by Crippen LogP contribution is 2.25. The zero-order valence-electron chi connectivity index (χ0n) is 11.5. The smallest absolute Gasteiger partial charge is 0.224 e. The van der Waals surface area contributed by atoms with Crippen molar-refractivity contribution in [3.63, 3.8) is 0 Å². The predicted octanol–water partition coefficient (Wildman–Crippen LogP) is 3.81. The van der Waals surface area contributed by atoms with Crippen LogP contribution in [-0.4, -0.2) is 23.6 Å². The quantitative estimate of drug-likeness (QED) is 0.839. The van der Waals surface area contributed by atoms with Gasteiger partial charge in [0.25, 0.3) is 0 Å². The van der Waals surface area contributed by atoms with Crippen molar-refractivity contribution in [2.75, 3.05) is 24.3 Å². The SMILES string of the molecule is CCCOc1ccc(Nc2nc(NC)ncc2Br)cc1. The standard InChI is InChI=1S/C14H17BrN4O/c1-3-8-20-11-6-4-10(5-7-11)18-13-12(15)9-17-14(16-2)19-13/h4-7,9H,3,8H2,1-2H3,(H2,16,17,18,19). The van der Waals surface area contributed by atoms with Gasteiger partial charge in [-0.25, -0.2) is 4.98 Å². The summed E-state index contributed by atoms with van der Waals surface area (Å²) in [5, 5.41) is 6.15. The number of rotatable bonds is 6. The first-order chi connectivity index (χ1) is 9.72.